The van der Waals surface area contributed by atoms with Gasteiger partial charge in [-0.15, -0.1) is 0 Å². The predicted octanol–water partition coefficient (Wildman–Crippen LogP) is 2.75. The molecule has 0 bridgehead atoms. The minimum absolute atomic E-state index is 0.109. The first-order chi connectivity index (χ1) is 9.50. The predicted molar refractivity (Wildman–Crippen MR) is 77.3 cm³/mol. The fraction of sp³-hybridized carbons (Fsp3) is 0.312. The molecular weight excluding hydrogens is 255 g/mol. The van der Waals surface area contributed by atoms with Crippen LogP contribution < -0.4 is 5.32 Å². The number of halogens is 1. The summed E-state index contributed by atoms with van der Waals surface area (Å²) in [5.74, 6) is -0.337. The highest BCUT2D eigenvalue weighted by Gasteiger charge is 2.13. The third kappa shape index (κ3) is 2.90. The fourth-order valence-corrected chi connectivity index (χ4v) is 2.19. The lowest BCUT2D eigenvalue weighted by Gasteiger charge is -2.06. The van der Waals surface area contributed by atoms with Gasteiger partial charge in [0.05, 0.1) is 5.56 Å². The Hall–Kier alpha value is -2.10. The van der Waals surface area contributed by atoms with Crippen LogP contribution in [0.15, 0.2) is 30.3 Å². The second kappa shape index (κ2) is 5.90. The van der Waals surface area contributed by atoms with Gasteiger partial charge in [-0.2, -0.15) is 0 Å². The van der Waals surface area contributed by atoms with Gasteiger partial charge >= 0.3 is 0 Å². The summed E-state index contributed by atoms with van der Waals surface area (Å²) >= 11 is 0. The van der Waals surface area contributed by atoms with Crippen LogP contribution in [0.4, 0.5) is 4.39 Å². The zero-order valence-corrected chi connectivity index (χ0v) is 12.0. The van der Waals surface area contributed by atoms with E-state index in [0.717, 1.165) is 11.4 Å². The summed E-state index contributed by atoms with van der Waals surface area (Å²) in [5, 5.41) is 2.84. The first kappa shape index (κ1) is 14.3. The molecule has 3 nitrogen and oxygen atoms in total. The number of benzene rings is 1. The second-order valence-corrected chi connectivity index (χ2v) is 4.94. The zero-order chi connectivity index (χ0) is 14.7. The number of nitrogens with zero attached hydrogens (tertiary/aromatic N) is 1. The van der Waals surface area contributed by atoms with Crippen LogP contribution in [0.2, 0.25) is 0 Å². The molecule has 0 saturated heterocycles. The molecule has 0 aliphatic heterocycles. The largest absolute Gasteiger partial charge is 0.352 e. The van der Waals surface area contributed by atoms with Gasteiger partial charge in [0.15, 0.2) is 0 Å². The smallest absolute Gasteiger partial charge is 0.253 e. The third-order valence-electron chi connectivity index (χ3n) is 3.66. The van der Waals surface area contributed by atoms with Crippen molar-refractivity contribution in [3.05, 3.63) is 58.7 Å². The lowest BCUT2D eigenvalue weighted by molar-refractivity contribution is 0.0953. The van der Waals surface area contributed by atoms with Crippen molar-refractivity contribution in [1.82, 2.24) is 9.88 Å². The molecule has 1 aromatic heterocycles. The van der Waals surface area contributed by atoms with E-state index in [1.807, 2.05) is 31.5 Å². The molecular formula is C16H19FN2O. The van der Waals surface area contributed by atoms with E-state index in [9.17, 15) is 9.18 Å². The third-order valence-corrected chi connectivity index (χ3v) is 3.66. The molecule has 0 radical (unpaired) electrons. The number of aromatic nitrogens is 1. The van der Waals surface area contributed by atoms with Crippen molar-refractivity contribution in [2.75, 3.05) is 6.54 Å². The van der Waals surface area contributed by atoms with Crippen LogP contribution in [0.3, 0.4) is 0 Å². The van der Waals surface area contributed by atoms with Gasteiger partial charge in [0, 0.05) is 25.0 Å². The molecule has 1 amide bonds. The average molecular weight is 274 g/mol. The molecule has 2 rings (SSSR count). The molecule has 0 aliphatic carbocycles. The van der Waals surface area contributed by atoms with Crippen LogP contribution in [0.25, 0.3) is 0 Å². The quantitative estimate of drug-likeness (QED) is 0.914. The first-order valence-electron chi connectivity index (χ1n) is 6.65. The lowest BCUT2D eigenvalue weighted by atomic mass is 10.1. The van der Waals surface area contributed by atoms with Crippen LogP contribution in [0.5, 0.6) is 0 Å². The summed E-state index contributed by atoms with van der Waals surface area (Å²) in [6, 6.07) is 8.49. The minimum Gasteiger partial charge on any atom is -0.352 e. The molecule has 0 saturated carbocycles. The molecule has 0 fully saturated rings. The van der Waals surface area contributed by atoms with Crippen LogP contribution >= 0.6 is 0 Å². The van der Waals surface area contributed by atoms with Crippen molar-refractivity contribution in [2.45, 2.75) is 20.3 Å². The Balaban J connectivity index is 1.96. The molecule has 2 aromatic rings. The number of amides is 1. The van der Waals surface area contributed by atoms with Crippen LogP contribution in [-0.4, -0.2) is 17.0 Å². The highest BCUT2D eigenvalue weighted by Crippen LogP contribution is 2.13. The topological polar surface area (TPSA) is 34.0 Å². The SMILES string of the molecule is Cc1cc(C(=O)NCCc2ccccc2F)c(C)n1C. The maximum Gasteiger partial charge on any atom is 0.253 e. The normalized spacial score (nSPS) is 10.6. The van der Waals surface area contributed by atoms with Gasteiger partial charge in [0.2, 0.25) is 0 Å². The van der Waals surface area contributed by atoms with Crippen LogP contribution in [0.1, 0.15) is 27.3 Å². The van der Waals surface area contributed by atoms with Gasteiger partial charge in [-0.05, 0) is 38.0 Å². The van der Waals surface area contributed by atoms with Gasteiger partial charge in [-0.25, -0.2) is 4.39 Å². The number of aryl methyl sites for hydroxylation is 1. The monoisotopic (exact) mass is 274 g/mol. The summed E-state index contributed by atoms with van der Waals surface area (Å²) in [6.45, 7) is 4.30. The van der Waals surface area contributed by atoms with E-state index >= 15 is 0 Å². The van der Waals surface area contributed by atoms with Crippen LogP contribution in [0, 0.1) is 19.7 Å². The lowest BCUT2D eigenvalue weighted by Crippen LogP contribution is -2.26. The van der Waals surface area contributed by atoms with E-state index in [4.69, 9.17) is 0 Å². The van der Waals surface area contributed by atoms with E-state index < -0.39 is 0 Å². The Morgan fingerprint density at radius 2 is 2.00 bits per heavy atom. The highest BCUT2D eigenvalue weighted by atomic mass is 19.1. The molecule has 106 valence electrons. The van der Waals surface area contributed by atoms with E-state index in [0.29, 0.717) is 24.1 Å². The molecule has 1 aromatic carbocycles. The summed E-state index contributed by atoms with van der Waals surface area (Å²) in [4.78, 5) is 12.1. The number of rotatable bonds is 4. The molecule has 4 heteroatoms. The molecule has 0 aliphatic rings. The zero-order valence-electron chi connectivity index (χ0n) is 12.0. The first-order valence-corrected chi connectivity index (χ1v) is 6.65. The maximum absolute atomic E-state index is 13.4. The summed E-state index contributed by atoms with van der Waals surface area (Å²) < 4.78 is 15.4. The Bertz CT molecular complexity index is 631. The molecule has 0 spiro atoms. The Morgan fingerprint density at radius 1 is 1.30 bits per heavy atom. The van der Waals surface area contributed by atoms with Crippen molar-refractivity contribution in [3.8, 4) is 0 Å². The molecule has 0 atom stereocenters. The van der Waals surface area contributed by atoms with Crippen molar-refractivity contribution in [1.29, 1.82) is 0 Å². The molecule has 1 heterocycles. The number of nitrogens with one attached hydrogen (secondary N) is 1. The highest BCUT2D eigenvalue weighted by molar-refractivity contribution is 5.95. The van der Waals surface area contributed by atoms with E-state index in [-0.39, 0.29) is 11.7 Å². The Labute approximate surface area is 118 Å². The van der Waals surface area contributed by atoms with E-state index in [2.05, 4.69) is 5.32 Å². The van der Waals surface area contributed by atoms with E-state index in [1.54, 1.807) is 18.2 Å². The molecule has 0 unspecified atom stereocenters. The van der Waals surface area contributed by atoms with Gasteiger partial charge in [0.1, 0.15) is 5.82 Å². The van der Waals surface area contributed by atoms with Gasteiger partial charge < -0.3 is 9.88 Å². The standard InChI is InChI=1S/C16H19FN2O/c1-11-10-14(12(2)19(11)3)16(20)18-9-8-13-6-4-5-7-15(13)17/h4-7,10H,8-9H2,1-3H3,(H,18,20). The number of hydrogen-bond acceptors (Lipinski definition) is 1. The van der Waals surface area contributed by atoms with Crippen molar-refractivity contribution >= 4 is 5.91 Å². The van der Waals surface area contributed by atoms with Gasteiger partial charge in [-0.1, -0.05) is 18.2 Å². The molecule has 1 N–H and O–H groups in total. The Kier molecular flexibility index (Phi) is 4.23. The summed E-state index contributed by atoms with van der Waals surface area (Å²) in [6.07, 6.45) is 0.489. The van der Waals surface area contributed by atoms with Crippen LogP contribution in [-0.2, 0) is 13.5 Å². The Morgan fingerprint density at radius 3 is 2.60 bits per heavy atom. The number of hydrogen-bond donors (Lipinski definition) is 1. The maximum atomic E-state index is 13.4. The number of carbonyl (C=O) groups is 1. The summed E-state index contributed by atoms with van der Waals surface area (Å²) in [5.41, 5.74) is 3.28. The minimum atomic E-state index is -0.228. The van der Waals surface area contributed by atoms with E-state index in [1.165, 1.54) is 6.07 Å². The molecule has 20 heavy (non-hydrogen) atoms. The van der Waals surface area contributed by atoms with Crippen molar-refractivity contribution in [2.24, 2.45) is 7.05 Å². The fourth-order valence-electron chi connectivity index (χ4n) is 2.19. The summed E-state index contributed by atoms with van der Waals surface area (Å²) in [7, 11) is 1.93. The van der Waals surface area contributed by atoms with Crippen molar-refractivity contribution in [3.63, 3.8) is 0 Å². The average Bonchev–Trinajstić information content (AvgIpc) is 2.68. The van der Waals surface area contributed by atoms with Gasteiger partial charge in [0.25, 0.3) is 5.91 Å². The second-order valence-electron chi connectivity index (χ2n) is 4.94. The number of carbonyl (C=O) groups excluding carboxylic acids is 1. The van der Waals surface area contributed by atoms with Crippen molar-refractivity contribution < 1.29 is 9.18 Å². The van der Waals surface area contributed by atoms with Gasteiger partial charge in [-0.3, -0.25) is 4.79 Å².